The number of allylic oxidation sites excluding steroid dienone is 1. The van der Waals surface area contributed by atoms with Crippen molar-refractivity contribution in [3.05, 3.63) is 83.2 Å². The fraction of sp³-hybridized carbons (Fsp3) is 0.500. The van der Waals surface area contributed by atoms with Crippen LogP contribution in [0.15, 0.2) is 60.7 Å². The number of halogens is 1. The van der Waals surface area contributed by atoms with E-state index >= 15 is 0 Å². The molecule has 2 aromatic carbocycles. The van der Waals surface area contributed by atoms with Crippen LogP contribution in [0.4, 0.5) is 9.18 Å². The van der Waals surface area contributed by atoms with Crippen LogP contribution in [0.25, 0.3) is 0 Å². The van der Waals surface area contributed by atoms with Crippen LogP contribution < -0.4 is 15.4 Å². The van der Waals surface area contributed by atoms with Crippen molar-refractivity contribution in [2.75, 3.05) is 6.54 Å². The average molecular weight is 750 g/mol. The number of ether oxygens (including phenoxy) is 1. The first kappa shape index (κ1) is 36.6. The average Bonchev–Trinajstić information content (AvgIpc) is 4.01. The molecule has 0 radical (unpaired) electrons. The molecule has 3 N–H and O–H groups in total. The predicted molar refractivity (Wildman–Crippen MR) is 189 cm³/mol. The lowest BCUT2D eigenvalue weighted by Crippen LogP contribution is -2.58. The molecule has 5 atom stereocenters. The minimum atomic E-state index is -3.92. The first-order valence-corrected chi connectivity index (χ1v) is 19.9. The molecule has 5 aliphatic rings. The fourth-order valence-electron chi connectivity index (χ4n) is 7.60. The summed E-state index contributed by atoms with van der Waals surface area (Å²) in [5, 5.41) is 5.03. The normalized spacial score (nSPS) is 27.9. The number of sulfonamides is 1. The molecular formula is C38H44FN5O8S. The molecule has 3 fully saturated rings. The Labute approximate surface area is 307 Å². The van der Waals surface area contributed by atoms with Gasteiger partial charge in [0.2, 0.25) is 27.7 Å². The molecule has 282 valence electrons. The summed E-state index contributed by atoms with van der Waals surface area (Å²) in [6.07, 6.45) is 6.21. The Hall–Kier alpha value is -4.79. The van der Waals surface area contributed by atoms with Gasteiger partial charge in [-0.3, -0.25) is 28.8 Å². The summed E-state index contributed by atoms with van der Waals surface area (Å²) in [4.78, 5) is 71.5. The maximum absolute atomic E-state index is 14.4. The smallest absolute Gasteiger partial charge is 0.410 e. The zero-order chi connectivity index (χ0) is 37.3. The summed E-state index contributed by atoms with van der Waals surface area (Å²) >= 11 is 0. The zero-order valence-electron chi connectivity index (χ0n) is 29.3. The van der Waals surface area contributed by atoms with Crippen LogP contribution in [0.2, 0.25) is 0 Å². The van der Waals surface area contributed by atoms with Gasteiger partial charge >= 0.3 is 6.09 Å². The van der Waals surface area contributed by atoms with E-state index < -0.39 is 74.5 Å². The largest absolute Gasteiger partial charge is 0.444 e. The summed E-state index contributed by atoms with van der Waals surface area (Å²) in [6, 6.07) is 11.5. The Morgan fingerprint density at radius 1 is 0.981 bits per heavy atom. The second kappa shape index (κ2) is 14.9. The van der Waals surface area contributed by atoms with Crippen molar-refractivity contribution in [1.82, 2.24) is 25.2 Å². The van der Waals surface area contributed by atoms with Crippen molar-refractivity contribution < 1.29 is 41.5 Å². The van der Waals surface area contributed by atoms with E-state index in [-0.39, 0.29) is 44.8 Å². The Balaban J connectivity index is 1.13. The van der Waals surface area contributed by atoms with Crippen LogP contribution in [0, 0.1) is 11.7 Å². The van der Waals surface area contributed by atoms with E-state index in [9.17, 15) is 36.8 Å². The minimum Gasteiger partial charge on any atom is -0.444 e. The first-order valence-electron chi connectivity index (χ1n) is 18.3. The Morgan fingerprint density at radius 2 is 1.77 bits per heavy atom. The van der Waals surface area contributed by atoms with E-state index in [4.69, 9.17) is 4.74 Å². The maximum atomic E-state index is 14.4. The standard InChI is InChI=1S/C38H44FN5O8S/c39-30-14-9-12-25-21-43(23-29(25)30)37(49)52-27-19-32-34(46)41-38(36(48)42-53(50,51)28-16-17-28)20-26(38)13-7-2-1-3-8-15-31(35(47)44(32)22-27)40-33(45)18-24-10-5-4-6-11-24/h4-7,9-14,26-28,31-32H,1-3,8,15-23H2,(H,40,45)(H,41,46)(H,42,48)/b13-7+/t26-,27-,31+,32+,38-/m1/s1. The topological polar surface area (TPSA) is 171 Å². The Morgan fingerprint density at radius 3 is 2.53 bits per heavy atom. The fourth-order valence-corrected chi connectivity index (χ4v) is 8.96. The van der Waals surface area contributed by atoms with Crippen LogP contribution in [0.1, 0.15) is 74.5 Å². The van der Waals surface area contributed by atoms with Gasteiger partial charge in [0.15, 0.2) is 0 Å². The Bertz CT molecular complexity index is 1920. The molecule has 3 heterocycles. The van der Waals surface area contributed by atoms with E-state index in [2.05, 4.69) is 15.4 Å². The summed E-state index contributed by atoms with van der Waals surface area (Å²) < 4.78 is 48.0. The highest BCUT2D eigenvalue weighted by Gasteiger charge is 2.62. The maximum Gasteiger partial charge on any atom is 0.410 e. The molecule has 53 heavy (non-hydrogen) atoms. The van der Waals surface area contributed by atoms with E-state index in [0.29, 0.717) is 43.2 Å². The number of benzene rings is 2. The number of amides is 5. The highest BCUT2D eigenvalue weighted by molar-refractivity contribution is 7.91. The molecule has 5 amide bonds. The van der Waals surface area contributed by atoms with E-state index in [1.807, 2.05) is 42.5 Å². The van der Waals surface area contributed by atoms with E-state index in [0.717, 1.165) is 18.4 Å². The quantitative estimate of drug-likeness (QED) is 0.363. The molecule has 0 unspecified atom stereocenters. The summed E-state index contributed by atoms with van der Waals surface area (Å²) in [7, 11) is -3.92. The monoisotopic (exact) mass is 749 g/mol. The van der Waals surface area contributed by atoms with Gasteiger partial charge in [-0.05, 0) is 55.7 Å². The van der Waals surface area contributed by atoms with Gasteiger partial charge in [-0.25, -0.2) is 17.6 Å². The van der Waals surface area contributed by atoms with Gasteiger partial charge in [-0.1, -0.05) is 67.5 Å². The van der Waals surface area contributed by atoms with Crippen LogP contribution in [0.5, 0.6) is 0 Å². The molecule has 1 saturated heterocycles. The third-order valence-electron chi connectivity index (χ3n) is 10.8. The van der Waals surface area contributed by atoms with Crippen molar-refractivity contribution in [2.45, 2.75) is 106 Å². The second-order valence-corrected chi connectivity index (χ2v) is 16.7. The Kier molecular flexibility index (Phi) is 10.3. The molecule has 7 rings (SSSR count). The number of rotatable bonds is 7. The summed E-state index contributed by atoms with van der Waals surface area (Å²) in [6.45, 7) is -0.0234. The molecule has 0 bridgehead atoms. The highest BCUT2D eigenvalue weighted by Crippen LogP contribution is 2.46. The van der Waals surface area contributed by atoms with Gasteiger partial charge < -0.3 is 20.3 Å². The van der Waals surface area contributed by atoms with E-state index in [1.54, 1.807) is 12.1 Å². The zero-order valence-corrected chi connectivity index (χ0v) is 30.1. The molecular weight excluding hydrogens is 706 g/mol. The SMILES string of the molecule is O=C(Cc1ccccc1)N[C@H]1CCCCC/C=C/[C@@H]2C[C@@]2(C(=O)NS(=O)(=O)C2CC2)NC(=O)[C@@H]2C[C@@H](OC(=O)N3Cc4cccc(F)c4C3)CN2C1=O. The summed E-state index contributed by atoms with van der Waals surface area (Å²) in [5.41, 5.74) is 0.271. The van der Waals surface area contributed by atoms with Gasteiger partial charge in [-0.15, -0.1) is 0 Å². The third kappa shape index (κ3) is 8.09. The van der Waals surface area contributed by atoms with Crippen molar-refractivity contribution in [2.24, 2.45) is 5.92 Å². The number of carbonyl (C=O) groups is 5. The van der Waals surface area contributed by atoms with Gasteiger partial charge in [0.1, 0.15) is 29.5 Å². The lowest BCUT2D eigenvalue weighted by Gasteiger charge is -2.30. The molecule has 2 saturated carbocycles. The number of nitrogens with one attached hydrogen (secondary N) is 3. The van der Waals surface area contributed by atoms with Crippen LogP contribution in [0.3, 0.4) is 0 Å². The van der Waals surface area contributed by atoms with Gasteiger partial charge in [0, 0.05) is 24.4 Å². The van der Waals surface area contributed by atoms with Crippen molar-refractivity contribution in [1.29, 1.82) is 0 Å². The lowest BCUT2D eigenvalue weighted by molar-refractivity contribution is -0.142. The minimum absolute atomic E-state index is 0.00590. The molecule has 2 aromatic rings. The van der Waals surface area contributed by atoms with Crippen molar-refractivity contribution in [3.63, 3.8) is 0 Å². The van der Waals surface area contributed by atoms with Gasteiger partial charge in [0.25, 0.3) is 5.91 Å². The third-order valence-corrected chi connectivity index (χ3v) is 12.7. The number of nitrogens with zero attached hydrogens (tertiary/aromatic N) is 2. The van der Waals surface area contributed by atoms with Crippen molar-refractivity contribution in [3.8, 4) is 0 Å². The second-order valence-electron chi connectivity index (χ2n) is 14.8. The number of carbonyl (C=O) groups excluding carboxylic acids is 5. The highest BCUT2D eigenvalue weighted by atomic mass is 32.2. The predicted octanol–water partition coefficient (Wildman–Crippen LogP) is 2.98. The lowest BCUT2D eigenvalue weighted by atomic mass is 10.0. The van der Waals surface area contributed by atoms with Crippen LogP contribution in [-0.2, 0) is 53.4 Å². The molecule has 0 aromatic heterocycles. The molecule has 2 aliphatic carbocycles. The van der Waals surface area contributed by atoms with E-state index in [1.165, 1.54) is 15.9 Å². The molecule has 0 spiro atoms. The number of hydrogen-bond acceptors (Lipinski definition) is 8. The first-order chi connectivity index (χ1) is 25.4. The van der Waals surface area contributed by atoms with Gasteiger partial charge in [-0.2, -0.15) is 0 Å². The van der Waals surface area contributed by atoms with Crippen LogP contribution >= 0.6 is 0 Å². The van der Waals surface area contributed by atoms with Gasteiger partial charge in [0.05, 0.1) is 24.8 Å². The molecule has 13 nitrogen and oxygen atoms in total. The molecule has 3 aliphatic heterocycles. The summed E-state index contributed by atoms with van der Waals surface area (Å²) in [5.74, 6) is -3.33. The van der Waals surface area contributed by atoms with Crippen molar-refractivity contribution >= 4 is 39.7 Å². The molecule has 15 heteroatoms. The number of fused-ring (bicyclic) bond motifs is 3. The van der Waals surface area contributed by atoms with Crippen LogP contribution in [-0.4, -0.2) is 83.5 Å². The number of hydrogen-bond donors (Lipinski definition) is 3.